The fourth-order valence-electron chi connectivity index (χ4n) is 4.09. The smallest absolute Gasteiger partial charge is 0.465 e. The van der Waals surface area contributed by atoms with E-state index in [1.807, 2.05) is 0 Å². The molecule has 0 unspecified atom stereocenters. The Labute approximate surface area is 187 Å². The van der Waals surface area contributed by atoms with Crippen LogP contribution in [0.2, 0.25) is 0 Å². The molecule has 1 N–H and O–H groups in total. The van der Waals surface area contributed by atoms with Gasteiger partial charge in [0.1, 0.15) is 5.75 Å². The molecule has 0 aliphatic heterocycles. The van der Waals surface area contributed by atoms with Gasteiger partial charge in [0, 0.05) is 35.2 Å². The maximum atomic E-state index is 13.1. The Balaban J connectivity index is 1.78. The molecule has 1 fully saturated rings. The van der Waals surface area contributed by atoms with Crippen molar-refractivity contribution in [3.05, 3.63) is 43.1 Å². The number of pyridine rings is 1. The Hall–Kier alpha value is -3.63. The number of hydrogen-bond donors (Lipinski definition) is 1. The second-order valence-corrected chi connectivity index (χ2v) is 8.00. The standard InChI is InChI=1S/C22H21F3N4O4/c1-13-2-4-16(5-3-13)29(21(30)31)17-6-7-19(33-22(23,24)25)18(9-17)14-8-15(11-26-10-14)20-28-27-12-32-20/h6-13,16H,2-5H2,1H3,(H,30,31). The lowest BCUT2D eigenvalue weighted by Crippen LogP contribution is -2.41. The van der Waals surface area contributed by atoms with Crippen molar-refractivity contribution in [3.8, 4) is 28.3 Å². The number of alkyl halides is 3. The largest absolute Gasteiger partial charge is 0.573 e. The molecule has 8 nitrogen and oxygen atoms in total. The third kappa shape index (κ3) is 5.24. The molecular formula is C22H21F3N4O4. The molecule has 33 heavy (non-hydrogen) atoms. The molecule has 1 aliphatic carbocycles. The molecule has 11 heteroatoms. The number of hydrogen-bond acceptors (Lipinski definition) is 6. The molecule has 0 bridgehead atoms. The number of halogens is 3. The van der Waals surface area contributed by atoms with E-state index in [1.165, 1.54) is 35.5 Å². The number of rotatable bonds is 5. The number of anilines is 1. The van der Waals surface area contributed by atoms with Crippen molar-refractivity contribution in [1.29, 1.82) is 0 Å². The number of aromatic nitrogens is 3. The van der Waals surface area contributed by atoms with Gasteiger partial charge in [-0.3, -0.25) is 9.88 Å². The monoisotopic (exact) mass is 462 g/mol. The van der Waals surface area contributed by atoms with Crippen molar-refractivity contribution in [1.82, 2.24) is 15.2 Å². The van der Waals surface area contributed by atoms with E-state index >= 15 is 0 Å². The van der Waals surface area contributed by atoms with Crippen molar-refractivity contribution in [2.24, 2.45) is 5.92 Å². The minimum absolute atomic E-state index is 0.0362. The van der Waals surface area contributed by atoms with E-state index in [4.69, 9.17) is 4.42 Å². The van der Waals surface area contributed by atoms with Crippen molar-refractivity contribution >= 4 is 11.8 Å². The summed E-state index contributed by atoms with van der Waals surface area (Å²) in [6.07, 6.45) is 0.932. The van der Waals surface area contributed by atoms with Crippen LogP contribution in [0.1, 0.15) is 32.6 Å². The molecule has 1 aliphatic rings. The molecular weight excluding hydrogens is 441 g/mol. The van der Waals surface area contributed by atoms with Crippen LogP contribution in [0.3, 0.4) is 0 Å². The lowest BCUT2D eigenvalue weighted by Gasteiger charge is -2.34. The lowest BCUT2D eigenvalue weighted by atomic mass is 9.86. The van der Waals surface area contributed by atoms with E-state index in [0.29, 0.717) is 24.3 Å². The fraction of sp³-hybridized carbons (Fsp3) is 0.364. The van der Waals surface area contributed by atoms with Gasteiger partial charge in [-0.05, 0) is 55.9 Å². The minimum Gasteiger partial charge on any atom is -0.465 e. The van der Waals surface area contributed by atoms with Crippen LogP contribution >= 0.6 is 0 Å². The zero-order chi connectivity index (χ0) is 23.6. The van der Waals surface area contributed by atoms with Crippen LogP contribution < -0.4 is 9.64 Å². The van der Waals surface area contributed by atoms with Crippen molar-refractivity contribution < 1.29 is 32.2 Å². The van der Waals surface area contributed by atoms with E-state index in [0.717, 1.165) is 25.3 Å². The summed E-state index contributed by atoms with van der Waals surface area (Å²) in [5, 5.41) is 17.3. The first kappa shape index (κ1) is 22.6. The number of amides is 1. The van der Waals surface area contributed by atoms with E-state index < -0.39 is 18.2 Å². The van der Waals surface area contributed by atoms with E-state index in [2.05, 4.69) is 26.8 Å². The topological polar surface area (TPSA) is 102 Å². The summed E-state index contributed by atoms with van der Waals surface area (Å²) in [4.78, 5) is 17.4. The third-order valence-electron chi connectivity index (χ3n) is 5.68. The van der Waals surface area contributed by atoms with E-state index in [1.54, 1.807) is 0 Å². The SMILES string of the molecule is CC1CCC(N(C(=O)O)c2ccc(OC(F)(F)F)c(-c3cncc(-c4nnco4)c3)c2)CC1. The molecule has 2 aromatic heterocycles. The Kier molecular flexibility index (Phi) is 6.21. The Morgan fingerprint density at radius 2 is 1.88 bits per heavy atom. The maximum absolute atomic E-state index is 13.1. The second-order valence-electron chi connectivity index (χ2n) is 8.00. The fourth-order valence-corrected chi connectivity index (χ4v) is 4.09. The summed E-state index contributed by atoms with van der Waals surface area (Å²) in [6, 6.07) is 5.09. The Morgan fingerprint density at radius 1 is 1.15 bits per heavy atom. The van der Waals surface area contributed by atoms with Gasteiger partial charge >= 0.3 is 12.5 Å². The van der Waals surface area contributed by atoms with Gasteiger partial charge in [0.2, 0.25) is 12.3 Å². The van der Waals surface area contributed by atoms with Crippen molar-refractivity contribution in [2.45, 2.75) is 45.0 Å². The molecule has 2 heterocycles. The van der Waals surface area contributed by atoms with E-state index in [-0.39, 0.29) is 28.7 Å². The average molecular weight is 462 g/mol. The predicted molar refractivity (Wildman–Crippen MR) is 112 cm³/mol. The van der Waals surface area contributed by atoms with E-state index in [9.17, 15) is 23.1 Å². The Bertz CT molecular complexity index is 1110. The third-order valence-corrected chi connectivity index (χ3v) is 5.68. The quantitative estimate of drug-likeness (QED) is 0.514. The van der Waals surface area contributed by atoms with Crippen LogP contribution in [0.15, 0.2) is 47.5 Å². The zero-order valence-electron chi connectivity index (χ0n) is 17.6. The molecule has 1 saturated carbocycles. The molecule has 1 aromatic carbocycles. The highest BCUT2D eigenvalue weighted by atomic mass is 19.4. The number of carbonyl (C=O) groups is 1. The number of carboxylic acid groups (broad SMARTS) is 1. The molecule has 0 radical (unpaired) electrons. The van der Waals surface area contributed by atoms with Gasteiger partial charge in [-0.2, -0.15) is 0 Å². The number of ether oxygens (including phenoxy) is 1. The highest BCUT2D eigenvalue weighted by molar-refractivity contribution is 5.89. The molecule has 0 spiro atoms. The van der Waals surface area contributed by atoms with Gasteiger partial charge in [-0.25, -0.2) is 4.79 Å². The summed E-state index contributed by atoms with van der Waals surface area (Å²) < 4.78 is 48.6. The second kappa shape index (κ2) is 9.08. The normalized spacial score (nSPS) is 18.7. The summed E-state index contributed by atoms with van der Waals surface area (Å²) in [6.45, 7) is 2.12. The average Bonchev–Trinajstić information content (AvgIpc) is 3.30. The van der Waals surface area contributed by atoms with Crippen LogP contribution in [0.4, 0.5) is 23.7 Å². The number of benzene rings is 1. The molecule has 1 amide bonds. The van der Waals surface area contributed by atoms with Crippen LogP contribution in [0, 0.1) is 5.92 Å². The summed E-state index contributed by atoms with van der Waals surface area (Å²) in [5.41, 5.74) is 0.961. The first-order chi connectivity index (χ1) is 15.7. The zero-order valence-corrected chi connectivity index (χ0v) is 17.6. The van der Waals surface area contributed by atoms with Crippen LogP contribution in [-0.2, 0) is 0 Å². The summed E-state index contributed by atoms with van der Waals surface area (Å²) >= 11 is 0. The maximum Gasteiger partial charge on any atom is 0.573 e. The first-order valence-electron chi connectivity index (χ1n) is 10.3. The van der Waals surface area contributed by atoms with Crippen LogP contribution in [0.5, 0.6) is 5.75 Å². The van der Waals surface area contributed by atoms with Crippen LogP contribution in [-0.4, -0.2) is 38.8 Å². The molecule has 3 aromatic rings. The predicted octanol–water partition coefficient (Wildman–Crippen LogP) is 5.76. The highest BCUT2D eigenvalue weighted by Gasteiger charge is 2.34. The first-order valence-corrected chi connectivity index (χ1v) is 10.3. The van der Waals surface area contributed by atoms with Gasteiger partial charge < -0.3 is 14.3 Å². The highest BCUT2D eigenvalue weighted by Crippen LogP contribution is 2.39. The van der Waals surface area contributed by atoms with Gasteiger partial charge in [-0.15, -0.1) is 23.4 Å². The van der Waals surface area contributed by atoms with Crippen molar-refractivity contribution in [2.75, 3.05) is 4.90 Å². The summed E-state index contributed by atoms with van der Waals surface area (Å²) in [7, 11) is 0. The summed E-state index contributed by atoms with van der Waals surface area (Å²) in [5.74, 6) is 0.175. The lowest BCUT2D eigenvalue weighted by molar-refractivity contribution is -0.274. The van der Waals surface area contributed by atoms with Gasteiger partial charge in [-0.1, -0.05) is 6.92 Å². The van der Waals surface area contributed by atoms with Gasteiger partial charge in [0.05, 0.1) is 5.56 Å². The molecule has 0 atom stereocenters. The molecule has 4 rings (SSSR count). The molecule has 0 saturated heterocycles. The Morgan fingerprint density at radius 3 is 2.52 bits per heavy atom. The van der Waals surface area contributed by atoms with Crippen LogP contribution in [0.25, 0.3) is 22.6 Å². The number of nitrogens with zero attached hydrogens (tertiary/aromatic N) is 4. The van der Waals surface area contributed by atoms with Crippen molar-refractivity contribution in [3.63, 3.8) is 0 Å². The minimum atomic E-state index is -4.93. The molecule has 174 valence electrons. The van der Waals surface area contributed by atoms with Gasteiger partial charge in [0.15, 0.2) is 0 Å². The van der Waals surface area contributed by atoms with Gasteiger partial charge in [0.25, 0.3) is 0 Å².